The van der Waals surface area contributed by atoms with Crippen molar-refractivity contribution in [1.29, 1.82) is 0 Å². The number of carboxylic acid groups (broad SMARTS) is 4. The SMILES string of the molecule is O=C(O)c1c(O)c2cc(c1O)Cc1cc(c(O)c(C(=O)O)c1O)Cc1cc(c(O)c(C(=O)O)c1O)Cc1cc(c(O)c(C(=O)O)c1O)C2. The molecule has 8 bridgehead atoms. The lowest BCUT2D eigenvalue weighted by molar-refractivity contribution is 0.0678. The minimum Gasteiger partial charge on any atom is -0.507 e. The normalized spacial score (nSPS) is 12.3. The minimum atomic E-state index is -1.83. The second-order valence-electron chi connectivity index (χ2n) is 11.0. The first kappa shape index (κ1) is 32.6. The van der Waals surface area contributed by atoms with E-state index in [0.717, 1.165) is 24.3 Å². The first-order valence-electron chi connectivity index (χ1n) is 13.6. The van der Waals surface area contributed by atoms with Gasteiger partial charge in [0.15, 0.2) is 0 Å². The highest BCUT2D eigenvalue weighted by Gasteiger charge is 2.31. The highest BCUT2D eigenvalue weighted by molar-refractivity contribution is 5.98. The molecule has 0 spiro atoms. The molecule has 0 radical (unpaired) electrons. The summed E-state index contributed by atoms with van der Waals surface area (Å²) in [6.45, 7) is 0. The van der Waals surface area contributed by atoms with Crippen LogP contribution in [0.1, 0.15) is 85.9 Å². The molecule has 48 heavy (non-hydrogen) atoms. The predicted molar refractivity (Wildman–Crippen MR) is 158 cm³/mol. The first-order valence-corrected chi connectivity index (χ1v) is 13.6. The van der Waals surface area contributed by atoms with Gasteiger partial charge in [-0.1, -0.05) is 0 Å². The van der Waals surface area contributed by atoms with E-state index in [4.69, 9.17) is 0 Å². The quantitative estimate of drug-likeness (QED) is 0.131. The molecule has 0 amide bonds. The third-order valence-electron chi connectivity index (χ3n) is 8.10. The van der Waals surface area contributed by atoms with Crippen LogP contribution in [0.25, 0.3) is 0 Å². The summed E-state index contributed by atoms with van der Waals surface area (Å²) in [5.41, 5.74) is -6.74. The molecule has 0 atom stereocenters. The molecule has 12 N–H and O–H groups in total. The summed E-state index contributed by atoms with van der Waals surface area (Å²) in [7, 11) is 0. The molecule has 5 rings (SSSR count). The van der Waals surface area contributed by atoms with Gasteiger partial charge in [-0.05, 0) is 68.8 Å². The van der Waals surface area contributed by atoms with Crippen LogP contribution in [0.4, 0.5) is 0 Å². The van der Waals surface area contributed by atoms with Crippen LogP contribution in [0.5, 0.6) is 46.0 Å². The number of carboxylic acids is 4. The average molecular weight is 665 g/mol. The second kappa shape index (κ2) is 11.5. The largest absolute Gasteiger partial charge is 0.507 e. The highest BCUT2D eigenvalue weighted by Crippen LogP contribution is 2.45. The van der Waals surface area contributed by atoms with Crippen LogP contribution in [-0.4, -0.2) is 85.2 Å². The summed E-state index contributed by atoms with van der Waals surface area (Å²) >= 11 is 0. The molecule has 16 heteroatoms. The number of carbonyl (C=O) groups is 4. The summed E-state index contributed by atoms with van der Waals surface area (Å²) in [4.78, 5) is 48.4. The Kier molecular flexibility index (Phi) is 7.80. The van der Waals surface area contributed by atoms with E-state index in [-0.39, 0.29) is 44.5 Å². The van der Waals surface area contributed by atoms with Gasteiger partial charge >= 0.3 is 23.9 Å². The number of benzene rings is 4. The van der Waals surface area contributed by atoms with E-state index in [1.165, 1.54) is 0 Å². The van der Waals surface area contributed by atoms with E-state index in [1.54, 1.807) is 0 Å². The number of aromatic carboxylic acids is 4. The van der Waals surface area contributed by atoms with Crippen molar-refractivity contribution in [3.8, 4) is 46.0 Å². The minimum absolute atomic E-state index is 0.324. The third kappa shape index (κ3) is 5.16. The van der Waals surface area contributed by atoms with Gasteiger partial charge in [-0.2, -0.15) is 0 Å². The molecule has 0 aliphatic heterocycles. The van der Waals surface area contributed by atoms with Gasteiger partial charge in [-0.3, -0.25) is 0 Å². The third-order valence-corrected chi connectivity index (χ3v) is 8.10. The molecular weight excluding hydrogens is 640 g/mol. The second-order valence-corrected chi connectivity index (χ2v) is 11.0. The van der Waals surface area contributed by atoms with Gasteiger partial charge in [-0.15, -0.1) is 0 Å². The molecule has 0 saturated carbocycles. The Balaban J connectivity index is 1.94. The molecule has 1 aliphatic rings. The Labute approximate surface area is 267 Å². The lowest BCUT2D eigenvalue weighted by Crippen LogP contribution is -2.09. The van der Waals surface area contributed by atoms with Gasteiger partial charge in [0.05, 0.1) is 0 Å². The first-order chi connectivity index (χ1) is 22.4. The van der Waals surface area contributed by atoms with Gasteiger partial charge in [-0.25, -0.2) is 19.2 Å². The van der Waals surface area contributed by atoms with Crippen LogP contribution in [0.2, 0.25) is 0 Å². The summed E-state index contributed by atoms with van der Waals surface area (Å²) in [5.74, 6) is -15.4. The number of hydrogen-bond donors (Lipinski definition) is 12. The van der Waals surface area contributed by atoms with Crippen molar-refractivity contribution in [2.24, 2.45) is 0 Å². The van der Waals surface area contributed by atoms with E-state index in [0.29, 0.717) is 0 Å². The van der Waals surface area contributed by atoms with Crippen molar-refractivity contribution in [1.82, 2.24) is 0 Å². The van der Waals surface area contributed by atoms with Gasteiger partial charge in [0.25, 0.3) is 0 Å². The molecule has 0 unspecified atom stereocenters. The Morgan fingerprint density at radius 2 is 0.438 bits per heavy atom. The fourth-order valence-corrected chi connectivity index (χ4v) is 5.83. The number of phenols is 8. The molecule has 0 fully saturated rings. The zero-order valence-electron chi connectivity index (χ0n) is 24.1. The molecule has 0 aromatic heterocycles. The smallest absolute Gasteiger partial charge is 0.343 e. The number of fused-ring (bicyclic) bond motifs is 8. The van der Waals surface area contributed by atoms with E-state index in [2.05, 4.69) is 0 Å². The van der Waals surface area contributed by atoms with Gasteiger partial charge in [0.2, 0.25) is 0 Å². The van der Waals surface area contributed by atoms with Crippen LogP contribution in [0.3, 0.4) is 0 Å². The van der Waals surface area contributed by atoms with Crippen molar-refractivity contribution in [2.45, 2.75) is 25.7 Å². The molecule has 16 nitrogen and oxygen atoms in total. The van der Waals surface area contributed by atoms with Crippen molar-refractivity contribution in [3.05, 3.63) is 91.0 Å². The number of rotatable bonds is 4. The highest BCUT2D eigenvalue weighted by atomic mass is 16.4. The Morgan fingerprint density at radius 1 is 0.312 bits per heavy atom. The zero-order chi connectivity index (χ0) is 35.5. The topological polar surface area (TPSA) is 311 Å². The van der Waals surface area contributed by atoms with Gasteiger partial charge in [0.1, 0.15) is 68.2 Å². The van der Waals surface area contributed by atoms with E-state index >= 15 is 0 Å². The Hall–Kier alpha value is -6.84. The molecule has 248 valence electrons. The number of aromatic hydroxyl groups is 8. The fourth-order valence-electron chi connectivity index (χ4n) is 5.83. The Bertz CT molecular complexity index is 1720. The summed E-state index contributed by atoms with van der Waals surface area (Å²) < 4.78 is 0. The molecule has 0 saturated heterocycles. The van der Waals surface area contributed by atoms with Crippen molar-refractivity contribution in [3.63, 3.8) is 0 Å². The fraction of sp³-hybridized carbons (Fsp3) is 0.125. The predicted octanol–water partition coefficient (Wildman–Crippen LogP) is 2.80. The monoisotopic (exact) mass is 664 g/mol. The number of hydrogen-bond acceptors (Lipinski definition) is 12. The van der Waals surface area contributed by atoms with Gasteiger partial charge in [0, 0.05) is 25.7 Å². The van der Waals surface area contributed by atoms with E-state index in [9.17, 15) is 80.5 Å². The van der Waals surface area contributed by atoms with Crippen molar-refractivity contribution < 1.29 is 80.5 Å². The maximum atomic E-state index is 12.1. The Morgan fingerprint density at radius 3 is 0.542 bits per heavy atom. The lowest BCUT2D eigenvalue weighted by Gasteiger charge is -2.20. The van der Waals surface area contributed by atoms with Gasteiger partial charge < -0.3 is 61.3 Å². The molecule has 1 aliphatic carbocycles. The van der Waals surface area contributed by atoms with Crippen LogP contribution < -0.4 is 0 Å². The standard InChI is InChI=1S/C32H24O16/c33-21-9-1-10(22(34)17(21)29(41)42)6-12-3-14(26(38)19(24(12)36)31(45)46)8-16-4-15(27(39)20(28(16)40)32(47)48)7-13-2-11(5-9)23(35)18(25(13)37)30(43)44/h1-4,33-40H,5-8H2,(H,41,42)(H,43,44)(H,45,46)(H,47,48). The van der Waals surface area contributed by atoms with Crippen molar-refractivity contribution >= 4 is 23.9 Å². The molecule has 0 heterocycles. The van der Waals surface area contributed by atoms with Crippen molar-refractivity contribution in [2.75, 3.05) is 0 Å². The van der Waals surface area contributed by atoms with Crippen LogP contribution >= 0.6 is 0 Å². The lowest BCUT2D eigenvalue weighted by atomic mass is 9.87. The molecular formula is C32H24O16. The van der Waals surface area contributed by atoms with E-state index in [1.807, 2.05) is 0 Å². The maximum Gasteiger partial charge on any atom is 0.343 e. The van der Waals surface area contributed by atoms with E-state index < -0.39 is 118 Å². The maximum absolute atomic E-state index is 12.1. The summed E-state index contributed by atoms with van der Waals surface area (Å²) in [6.07, 6.45) is -2.61. The zero-order valence-corrected chi connectivity index (χ0v) is 24.1. The molecule has 4 aromatic carbocycles. The molecule has 4 aromatic rings. The van der Waals surface area contributed by atoms with Crippen LogP contribution in [0, 0.1) is 0 Å². The average Bonchev–Trinajstić information content (AvgIpc) is 2.97. The van der Waals surface area contributed by atoms with Crippen LogP contribution in [0.15, 0.2) is 24.3 Å². The summed E-state index contributed by atoms with van der Waals surface area (Å²) in [6, 6.07) is 4.17. The summed E-state index contributed by atoms with van der Waals surface area (Å²) in [5, 5.41) is 126. The van der Waals surface area contributed by atoms with Crippen LogP contribution in [-0.2, 0) is 25.7 Å².